The number of anilines is 2. The van der Waals surface area contributed by atoms with Crippen LogP contribution >= 0.6 is 31.9 Å². The molecule has 3 N–H and O–H groups in total. The molecule has 0 aliphatic rings. The van der Waals surface area contributed by atoms with Gasteiger partial charge in [-0.25, -0.2) is 4.52 Å². The van der Waals surface area contributed by atoms with Gasteiger partial charge in [0, 0.05) is 15.1 Å². The molecule has 0 aliphatic carbocycles. The second kappa shape index (κ2) is 5.50. The van der Waals surface area contributed by atoms with Gasteiger partial charge in [0.2, 0.25) is 0 Å². The number of halogens is 2. The van der Waals surface area contributed by atoms with Crippen molar-refractivity contribution in [3.05, 3.63) is 57.2 Å². The molecule has 0 spiro atoms. The van der Waals surface area contributed by atoms with E-state index in [1.54, 1.807) is 16.8 Å². The lowest BCUT2D eigenvalue weighted by Crippen LogP contribution is -2.13. The van der Waals surface area contributed by atoms with Gasteiger partial charge in [-0.2, -0.15) is 5.10 Å². The van der Waals surface area contributed by atoms with Crippen molar-refractivity contribution in [1.82, 2.24) is 9.61 Å². The Kier molecular flexibility index (Phi) is 3.69. The van der Waals surface area contributed by atoms with Crippen LogP contribution in [0.15, 0.2) is 51.7 Å². The third kappa shape index (κ3) is 2.66. The summed E-state index contributed by atoms with van der Waals surface area (Å²) in [7, 11) is 0. The molecule has 1 aromatic carbocycles. The van der Waals surface area contributed by atoms with Gasteiger partial charge in [0.15, 0.2) is 0 Å². The molecule has 0 atom stereocenters. The highest BCUT2D eigenvalue weighted by Gasteiger charge is 2.15. The maximum absolute atomic E-state index is 12.4. The van der Waals surface area contributed by atoms with Crippen LogP contribution in [0.25, 0.3) is 5.52 Å². The highest BCUT2D eigenvalue weighted by atomic mass is 79.9. The van der Waals surface area contributed by atoms with Gasteiger partial charge in [0.1, 0.15) is 0 Å². The van der Waals surface area contributed by atoms with Gasteiger partial charge in [0.25, 0.3) is 5.91 Å². The number of nitrogens with one attached hydrogen (secondary N) is 1. The van der Waals surface area contributed by atoms with Crippen LogP contribution in [-0.4, -0.2) is 15.5 Å². The van der Waals surface area contributed by atoms with Gasteiger partial charge in [-0.05, 0) is 40.2 Å². The van der Waals surface area contributed by atoms with Gasteiger partial charge in [0.05, 0.1) is 28.7 Å². The number of carbonyl (C=O) groups excluding carboxylic acids is 1. The van der Waals surface area contributed by atoms with E-state index in [1.165, 1.54) is 6.20 Å². The van der Waals surface area contributed by atoms with Crippen molar-refractivity contribution in [3.8, 4) is 0 Å². The molecule has 3 rings (SSSR count). The molecule has 106 valence electrons. The fourth-order valence-corrected chi connectivity index (χ4v) is 3.37. The molecule has 0 unspecified atom stereocenters. The fourth-order valence-electron chi connectivity index (χ4n) is 2.02. The summed E-state index contributed by atoms with van der Waals surface area (Å²) in [5.74, 6) is -0.258. The molecule has 2 aromatic heterocycles. The lowest BCUT2D eigenvalue weighted by molar-refractivity contribution is 0.102. The Morgan fingerprint density at radius 2 is 2.10 bits per heavy atom. The Morgan fingerprint density at radius 3 is 2.86 bits per heavy atom. The molecule has 7 heteroatoms. The number of amides is 1. The lowest BCUT2D eigenvalue weighted by atomic mass is 10.2. The molecule has 0 radical (unpaired) electrons. The Labute approximate surface area is 137 Å². The standard InChI is InChI=1S/C14H10Br2N4O/c15-8-5-10(16)13(11(17)6-8)19-14(21)9-7-18-20-4-2-1-3-12(9)20/h1-7H,17H2,(H,19,21). The average Bonchev–Trinajstić information content (AvgIpc) is 2.86. The number of aromatic nitrogens is 2. The highest BCUT2D eigenvalue weighted by molar-refractivity contribution is 9.11. The molecule has 0 fully saturated rings. The predicted molar refractivity (Wildman–Crippen MR) is 89.4 cm³/mol. The van der Waals surface area contributed by atoms with E-state index in [0.29, 0.717) is 21.4 Å². The Bertz CT molecular complexity index is 821. The number of rotatable bonds is 2. The summed E-state index contributed by atoms with van der Waals surface area (Å²) in [4.78, 5) is 12.4. The first-order valence-electron chi connectivity index (χ1n) is 6.04. The predicted octanol–water partition coefficient (Wildman–Crippen LogP) is 3.69. The van der Waals surface area contributed by atoms with Crippen LogP contribution in [-0.2, 0) is 0 Å². The molecule has 3 aromatic rings. The monoisotopic (exact) mass is 408 g/mol. The molecular weight excluding hydrogens is 400 g/mol. The second-order valence-corrected chi connectivity index (χ2v) is 6.16. The minimum atomic E-state index is -0.258. The molecule has 21 heavy (non-hydrogen) atoms. The molecule has 2 heterocycles. The van der Waals surface area contributed by atoms with E-state index in [4.69, 9.17) is 5.73 Å². The second-order valence-electron chi connectivity index (χ2n) is 4.39. The van der Waals surface area contributed by atoms with Crippen LogP contribution in [0.4, 0.5) is 11.4 Å². The van der Waals surface area contributed by atoms with Gasteiger partial charge < -0.3 is 11.1 Å². The summed E-state index contributed by atoms with van der Waals surface area (Å²) in [6.07, 6.45) is 3.32. The third-order valence-electron chi connectivity index (χ3n) is 3.00. The van der Waals surface area contributed by atoms with E-state index in [0.717, 1.165) is 9.99 Å². The normalized spacial score (nSPS) is 10.8. The van der Waals surface area contributed by atoms with E-state index in [2.05, 4.69) is 42.3 Å². The zero-order valence-electron chi connectivity index (χ0n) is 10.7. The third-order valence-corrected chi connectivity index (χ3v) is 4.08. The maximum Gasteiger partial charge on any atom is 0.259 e. The summed E-state index contributed by atoms with van der Waals surface area (Å²) in [6.45, 7) is 0. The smallest absolute Gasteiger partial charge is 0.259 e. The van der Waals surface area contributed by atoms with Crippen LogP contribution in [0, 0.1) is 0 Å². The van der Waals surface area contributed by atoms with Gasteiger partial charge in [-0.1, -0.05) is 22.0 Å². The highest BCUT2D eigenvalue weighted by Crippen LogP contribution is 2.33. The molecule has 5 nitrogen and oxygen atoms in total. The summed E-state index contributed by atoms with van der Waals surface area (Å²) >= 11 is 6.74. The number of nitrogen functional groups attached to an aromatic ring is 1. The number of fused-ring (bicyclic) bond motifs is 1. The Balaban J connectivity index is 1.97. The van der Waals surface area contributed by atoms with Gasteiger partial charge in [-0.15, -0.1) is 0 Å². The topological polar surface area (TPSA) is 72.4 Å². The van der Waals surface area contributed by atoms with Crippen LogP contribution in [0.2, 0.25) is 0 Å². The maximum atomic E-state index is 12.4. The van der Waals surface area contributed by atoms with E-state index in [9.17, 15) is 4.79 Å². The number of nitrogens with two attached hydrogens (primary N) is 1. The van der Waals surface area contributed by atoms with Crippen molar-refractivity contribution in [2.24, 2.45) is 0 Å². The summed E-state index contributed by atoms with van der Waals surface area (Å²) in [5, 5.41) is 6.96. The minimum Gasteiger partial charge on any atom is -0.397 e. The van der Waals surface area contributed by atoms with Gasteiger partial charge >= 0.3 is 0 Å². The first-order chi connectivity index (χ1) is 10.1. The zero-order valence-corrected chi connectivity index (χ0v) is 13.8. The molecule has 0 saturated heterocycles. The number of carbonyl (C=O) groups is 1. The quantitative estimate of drug-likeness (QED) is 0.634. The first-order valence-corrected chi connectivity index (χ1v) is 7.63. The van der Waals surface area contributed by atoms with Crippen molar-refractivity contribution in [3.63, 3.8) is 0 Å². The first kappa shape index (κ1) is 14.1. The van der Waals surface area contributed by atoms with E-state index < -0.39 is 0 Å². The van der Waals surface area contributed by atoms with Crippen LogP contribution < -0.4 is 11.1 Å². The minimum absolute atomic E-state index is 0.258. The summed E-state index contributed by atoms with van der Waals surface area (Å²) in [5.41, 5.74) is 8.18. The van der Waals surface area contributed by atoms with E-state index in [-0.39, 0.29) is 5.91 Å². The van der Waals surface area contributed by atoms with Crippen molar-refractivity contribution >= 4 is 54.7 Å². The molecular formula is C14H10Br2N4O. The van der Waals surface area contributed by atoms with Crippen molar-refractivity contribution in [2.75, 3.05) is 11.1 Å². The SMILES string of the molecule is Nc1cc(Br)cc(Br)c1NC(=O)c1cnn2ccccc12. The van der Waals surface area contributed by atoms with Crippen molar-refractivity contribution < 1.29 is 4.79 Å². The largest absolute Gasteiger partial charge is 0.397 e. The van der Waals surface area contributed by atoms with Gasteiger partial charge in [-0.3, -0.25) is 4.79 Å². The molecule has 1 amide bonds. The molecule has 0 saturated carbocycles. The van der Waals surface area contributed by atoms with Crippen LogP contribution in [0.5, 0.6) is 0 Å². The summed E-state index contributed by atoms with van der Waals surface area (Å²) in [6, 6.07) is 9.10. The van der Waals surface area contributed by atoms with Crippen LogP contribution in [0.1, 0.15) is 10.4 Å². The molecule has 0 bridgehead atoms. The van der Waals surface area contributed by atoms with Crippen LogP contribution in [0.3, 0.4) is 0 Å². The number of benzene rings is 1. The van der Waals surface area contributed by atoms with Crippen molar-refractivity contribution in [2.45, 2.75) is 0 Å². The number of pyridine rings is 1. The molecule has 0 aliphatic heterocycles. The lowest BCUT2D eigenvalue weighted by Gasteiger charge is -2.10. The summed E-state index contributed by atoms with van der Waals surface area (Å²) < 4.78 is 3.19. The Hall–Kier alpha value is -1.86. The number of hydrogen-bond acceptors (Lipinski definition) is 3. The zero-order chi connectivity index (χ0) is 15.0. The van der Waals surface area contributed by atoms with Crippen molar-refractivity contribution in [1.29, 1.82) is 0 Å². The number of hydrogen-bond donors (Lipinski definition) is 2. The fraction of sp³-hybridized carbons (Fsp3) is 0. The van der Waals surface area contributed by atoms with E-state index >= 15 is 0 Å². The van der Waals surface area contributed by atoms with E-state index in [1.807, 2.05) is 24.3 Å². The average molecular weight is 410 g/mol. The number of nitrogens with zero attached hydrogens (tertiary/aromatic N) is 2. The Morgan fingerprint density at radius 1 is 1.29 bits per heavy atom.